The van der Waals surface area contributed by atoms with Crippen molar-refractivity contribution < 1.29 is 25.8 Å². The van der Waals surface area contributed by atoms with E-state index in [-0.39, 0.29) is 25.8 Å². The summed E-state index contributed by atoms with van der Waals surface area (Å²) in [5.41, 5.74) is 5.34. The van der Waals surface area contributed by atoms with E-state index in [4.69, 9.17) is 0 Å². The van der Waals surface area contributed by atoms with E-state index < -0.39 is 0 Å². The smallest absolute Gasteiger partial charge is 0 e. The Hall–Kier alpha value is -0.300. The van der Waals surface area contributed by atoms with E-state index in [1.165, 1.54) is 49.3 Å². The SMILES string of the molecule is CCC[c-]1ccc2cc3c(cc21)CC(CC)(CC)C3.[Hf]. The van der Waals surface area contributed by atoms with Gasteiger partial charge in [-0.25, -0.2) is 0 Å². The third kappa shape index (κ3) is 2.58. The maximum atomic E-state index is 2.50. The molecular formula is C19H25Hf-. The average Bonchev–Trinajstić information content (AvgIpc) is 2.98. The first-order chi connectivity index (χ1) is 9.21. The van der Waals surface area contributed by atoms with Gasteiger partial charge in [0.1, 0.15) is 0 Å². The second-order valence-corrected chi connectivity index (χ2v) is 6.38. The van der Waals surface area contributed by atoms with Crippen molar-refractivity contribution in [2.24, 2.45) is 5.41 Å². The maximum Gasteiger partial charge on any atom is 0 e. The Balaban J connectivity index is 0.00000147. The van der Waals surface area contributed by atoms with Gasteiger partial charge in [-0.3, -0.25) is 0 Å². The van der Waals surface area contributed by atoms with Crippen LogP contribution >= 0.6 is 0 Å². The molecule has 20 heavy (non-hydrogen) atoms. The van der Waals surface area contributed by atoms with Crippen LogP contribution in [0.15, 0.2) is 24.3 Å². The summed E-state index contributed by atoms with van der Waals surface area (Å²) in [5, 5.41) is 2.98. The minimum atomic E-state index is 0. The quantitative estimate of drug-likeness (QED) is 0.448. The van der Waals surface area contributed by atoms with E-state index in [1.54, 1.807) is 16.7 Å². The molecule has 3 rings (SSSR count). The molecule has 0 aliphatic heterocycles. The van der Waals surface area contributed by atoms with E-state index in [1.807, 2.05) is 0 Å². The fourth-order valence-corrected chi connectivity index (χ4v) is 3.84. The molecule has 2 aromatic carbocycles. The van der Waals surface area contributed by atoms with Gasteiger partial charge in [-0.2, -0.15) is 6.07 Å². The Kier molecular flexibility index (Phi) is 5.00. The topological polar surface area (TPSA) is 0 Å². The molecule has 0 atom stereocenters. The molecule has 0 fully saturated rings. The van der Waals surface area contributed by atoms with Crippen LogP contribution in [0.1, 0.15) is 56.7 Å². The summed E-state index contributed by atoms with van der Waals surface area (Å²) in [5.74, 6) is 0. The molecule has 0 heterocycles. The molecule has 0 radical (unpaired) electrons. The molecule has 0 saturated carbocycles. The van der Waals surface area contributed by atoms with Gasteiger partial charge < -0.3 is 0 Å². The summed E-state index contributed by atoms with van der Waals surface area (Å²) in [6.45, 7) is 6.99. The standard InChI is InChI=1S/C19H25.Hf/c1-4-7-14-8-9-15-10-16-12-19(5-2,6-3)13-17(16)11-18(14)15;/h8-11H,4-7,12-13H2,1-3H3;/q-1;. The maximum absolute atomic E-state index is 2.50. The Morgan fingerprint density at radius 1 is 1.05 bits per heavy atom. The number of hydrogen-bond acceptors (Lipinski definition) is 0. The van der Waals surface area contributed by atoms with Crippen molar-refractivity contribution in [1.29, 1.82) is 0 Å². The van der Waals surface area contributed by atoms with Gasteiger partial charge in [0, 0.05) is 25.8 Å². The Bertz CT molecular complexity index is 587. The number of hydrogen-bond donors (Lipinski definition) is 0. The van der Waals surface area contributed by atoms with Crippen LogP contribution in [0.4, 0.5) is 0 Å². The molecule has 0 saturated heterocycles. The van der Waals surface area contributed by atoms with Crippen LogP contribution in [0, 0.1) is 5.41 Å². The van der Waals surface area contributed by atoms with Crippen molar-refractivity contribution in [3.8, 4) is 0 Å². The molecule has 106 valence electrons. The zero-order chi connectivity index (χ0) is 13.5. The van der Waals surface area contributed by atoms with Crippen LogP contribution in [-0.4, -0.2) is 0 Å². The van der Waals surface area contributed by atoms with Crippen molar-refractivity contribution in [1.82, 2.24) is 0 Å². The van der Waals surface area contributed by atoms with Crippen LogP contribution in [0.3, 0.4) is 0 Å². The van der Waals surface area contributed by atoms with Crippen molar-refractivity contribution in [3.63, 3.8) is 0 Å². The van der Waals surface area contributed by atoms with Crippen LogP contribution in [-0.2, 0) is 45.1 Å². The molecule has 0 amide bonds. The first-order valence-corrected chi connectivity index (χ1v) is 7.91. The number of rotatable bonds is 4. The van der Waals surface area contributed by atoms with Crippen molar-refractivity contribution in [2.45, 2.75) is 59.3 Å². The monoisotopic (exact) mass is 433 g/mol. The zero-order valence-electron chi connectivity index (χ0n) is 13.1. The molecule has 1 aliphatic rings. The fourth-order valence-electron chi connectivity index (χ4n) is 3.84. The molecule has 0 N–H and O–H groups in total. The van der Waals surface area contributed by atoms with Gasteiger partial charge in [-0.1, -0.05) is 44.7 Å². The summed E-state index contributed by atoms with van der Waals surface area (Å²) in [6.07, 6.45) is 7.66. The molecule has 1 aliphatic carbocycles. The third-order valence-corrected chi connectivity index (χ3v) is 5.33. The predicted molar refractivity (Wildman–Crippen MR) is 84.0 cm³/mol. The van der Waals surface area contributed by atoms with Crippen LogP contribution in [0.5, 0.6) is 0 Å². The van der Waals surface area contributed by atoms with E-state index in [0.29, 0.717) is 5.41 Å². The van der Waals surface area contributed by atoms with Crippen molar-refractivity contribution in [2.75, 3.05) is 0 Å². The molecule has 1 heteroatoms. The molecule has 0 bridgehead atoms. The summed E-state index contributed by atoms with van der Waals surface area (Å²) in [4.78, 5) is 0. The normalized spacial score (nSPS) is 16.1. The van der Waals surface area contributed by atoms with E-state index in [9.17, 15) is 0 Å². The molecule has 0 spiro atoms. The van der Waals surface area contributed by atoms with Gasteiger partial charge in [0.15, 0.2) is 0 Å². The van der Waals surface area contributed by atoms with Crippen LogP contribution in [0.25, 0.3) is 10.8 Å². The van der Waals surface area contributed by atoms with Gasteiger partial charge in [-0.15, -0.1) is 34.5 Å². The summed E-state index contributed by atoms with van der Waals surface area (Å²) in [6, 6.07) is 9.62. The molecule has 2 aromatic rings. The molecule has 0 aromatic heterocycles. The van der Waals surface area contributed by atoms with Gasteiger partial charge in [-0.05, 0) is 31.1 Å². The van der Waals surface area contributed by atoms with Gasteiger partial charge >= 0.3 is 0 Å². The Labute approximate surface area is 142 Å². The van der Waals surface area contributed by atoms with E-state index in [2.05, 4.69) is 45.0 Å². The zero-order valence-corrected chi connectivity index (χ0v) is 16.6. The van der Waals surface area contributed by atoms with Gasteiger partial charge in [0.25, 0.3) is 0 Å². The molecular weight excluding hydrogens is 407 g/mol. The van der Waals surface area contributed by atoms with Gasteiger partial charge in [0.2, 0.25) is 0 Å². The van der Waals surface area contributed by atoms with Crippen molar-refractivity contribution >= 4 is 10.8 Å². The summed E-state index contributed by atoms with van der Waals surface area (Å²) >= 11 is 0. The second-order valence-electron chi connectivity index (χ2n) is 6.38. The average molecular weight is 432 g/mol. The Morgan fingerprint density at radius 3 is 2.30 bits per heavy atom. The van der Waals surface area contributed by atoms with E-state index in [0.717, 1.165) is 0 Å². The minimum Gasteiger partial charge on any atom is -0.168 e. The fraction of sp³-hybridized carbons (Fsp3) is 0.526. The first-order valence-electron chi connectivity index (χ1n) is 7.91. The minimum absolute atomic E-state index is 0. The second kappa shape index (κ2) is 6.22. The first kappa shape index (κ1) is 16.1. The predicted octanol–water partition coefficient (Wildman–Crippen LogP) is 5.41. The Morgan fingerprint density at radius 2 is 1.70 bits per heavy atom. The summed E-state index contributed by atoms with van der Waals surface area (Å²) < 4.78 is 0. The number of fused-ring (bicyclic) bond motifs is 2. The number of benzene rings is 1. The third-order valence-electron chi connectivity index (χ3n) is 5.33. The molecule has 0 nitrogen and oxygen atoms in total. The molecule has 0 unspecified atom stereocenters. The van der Waals surface area contributed by atoms with E-state index >= 15 is 0 Å². The van der Waals surface area contributed by atoms with Crippen LogP contribution < -0.4 is 0 Å². The number of aryl methyl sites for hydroxylation is 1. The van der Waals surface area contributed by atoms with Crippen LogP contribution in [0.2, 0.25) is 0 Å². The largest absolute Gasteiger partial charge is 0.168 e. The summed E-state index contributed by atoms with van der Waals surface area (Å²) in [7, 11) is 0. The van der Waals surface area contributed by atoms with Gasteiger partial charge in [0.05, 0.1) is 0 Å². The van der Waals surface area contributed by atoms with Crippen molar-refractivity contribution in [3.05, 3.63) is 41.0 Å².